The van der Waals surface area contributed by atoms with Crippen LogP contribution in [0, 0.1) is 11.3 Å². The number of piperidine rings is 1. The van der Waals surface area contributed by atoms with Gasteiger partial charge >= 0.3 is 6.09 Å². The van der Waals surface area contributed by atoms with Gasteiger partial charge in [0.2, 0.25) is 0 Å². The van der Waals surface area contributed by atoms with Crippen LogP contribution in [0.5, 0.6) is 0 Å². The van der Waals surface area contributed by atoms with Gasteiger partial charge in [0.25, 0.3) is 0 Å². The van der Waals surface area contributed by atoms with Crippen molar-refractivity contribution in [3.05, 3.63) is 0 Å². The zero-order chi connectivity index (χ0) is 17.9. The first-order valence-corrected chi connectivity index (χ1v) is 10.3. The normalized spacial score (nSPS) is 26.0. The van der Waals surface area contributed by atoms with Gasteiger partial charge in [0.15, 0.2) is 0 Å². The van der Waals surface area contributed by atoms with Gasteiger partial charge in [-0.25, -0.2) is 4.79 Å². The van der Waals surface area contributed by atoms with Crippen molar-refractivity contribution >= 4 is 6.09 Å². The summed E-state index contributed by atoms with van der Waals surface area (Å²) >= 11 is 0. The lowest BCUT2D eigenvalue weighted by Crippen LogP contribution is -2.48. The molecule has 0 radical (unpaired) electrons. The van der Waals surface area contributed by atoms with E-state index in [9.17, 15) is 4.79 Å². The van der Waals surface area contributed by atoms with Crippen LogP contribution in [0.15, 0.2) is 0 Å². The first-order valence-electron chi connectivity index (χ1n) is 10.3. The van der Waals surface area contributed by atoms with Crippen molar-refractivity contribution in [2.24, 2.45) is 11.3 Å². The Morgan fingerprint density at radius 2 is 1.64 bits per heavy atom. The molecule has 0 atom stereocenters. The van der Waals surface area contributed by atoms with Crippen molar-refractivity contribution in [1.29, 1.82) is 0 Å². The van der Waals surface area contributed by atoms with Crippen LogP contribution in [0.25, 0.3) is 0 Å². The number of rotatable bonds is 2. The van der Waals surface area contributed by atoms with Crippen LogP contribution in [0.4, 0.5) is 4.79 Å². The minimum Gasteiger partial charge on any atom is -0.444 e. The lowest BCUT2D eigenvalue weighted by Gasteiger charge is -2.46. The number of nitrogens with one attached hydrogen (secondary N) is 1. The summed E-state index contributed by atoms with van der Waals surface area (Å²) in [6.07, 6.45) is 7.64. The van der Waals surface area contributed by atoms with E-state index in [1.165, 1.54) is 45.3 Å². The molecule has 25 heavy (non-hydrogen) atoms. The molecule has 5 nitrogen and oxygen atoms in total. The Hall–Kier alpha value is -0.810. The van der Waals surface area contributed by atoms with E-state index in [2.05, 4.69) is 10.2 Å². The molecule has 1 amide bonds. The molecule has 1 spiro atoms. The van der Waals surface area contributed by atoms with Crippen molar-refractivity contribution in [2.75, 3.05) is 45.8 Å². The number of hydrogen-bond donors (Lipinski definition) is 1. The van der Waals surface area contributed by atoms with Gasteiger partial charge in [0.05, 0.1) is 0 Å². The van der Waals surface area contributed by atoms with Crippen LogP contribution in [-0.2, 0) is 4.74 Å². The third-order valence-electron chi connectivity index (χ3n) is 6.37. The van der Waals surface area contributed by atoms with Gasteiger partial charge < -0.3 is 19.9 Å². The maximum Gasteiger partial charge on any atom is 0.410 e. The number of carbonyl (C=O) groups is 1. The summed E-state index contributed by atoms with van der Waals surface area (Å²) < 4.78 is 5.53. The molecule has 3 fully saturated rings. The van der Waals surface area contributed by atoms with Crippen LogP contribution in [0.1, 0.15) is 59.3 Å². The molecular formula is C20H37N3O2. The molecule has 3 rings (SSSR count). The highest BCUT2D eigenvalue weighted by atomic mass is 16.6. The molecule has 2 aliphatic heterocycles. The molecule has 1 aliphatic carbocycles. The molecule has 2 heterocycles. The topological polar surface area (TPSA) is 44.8 Å². The van der Waals surface area contributed by atoms with E-state index in [0.29, 0.717) is 5.41 Å². The van der Waals surface area contributed by atoms with Crippen LogP contribution in [-0.4, -0.2) is 67.3 Å². The van der Waals surface area contributed by atoms with Gasteiger partial charge in [0.1, 0.15) is 5.60 Å². The molecule has 1 saturated carbocycles. The minimum atomic E-state index is -0.395. The predicted molar refractivity (Wildman–Crippen MR) is 101 cm³/mol. The van der Waals surface area contributed by atoms with Crippen LogP contribution < -0.4 is 5.32 Å². The summed E-state index contributed by atoms with van der Waals surface area (Å²) in [5.41, 5.74) is 0.104. The van der Waals surface area contributed by atoms with E-state index in [1.54, 1.807) is 0 Å². The van der Waals surface area contributed by atoms with E-state index in [4.69, 9.17) is 4.74 Å². The highest BCUT2D eigenvalue weighted by Crippen LogP contribution is 2.46. The fourth-order valence-corrected chi connectivity index (χ4v) is 4.72. The molecule has 144 valence electrons. The second kappa shape index (κ2) is 7.83. The molecule has 0 aromatic carbocycles. The van der Waals surface area contributed by atoms with Crippen LogP contribution >= 0.6 is 0 Å². The van der Waals surface area contributed by atoms with Gasteiger partial charge in [-0.05, 0) is 70.6 Å². The van der Waals surface area contributed by atoms with Crippen LogP contribution in [0.3, 0.4) is 0 Å². The van der Waals surface area contributed by atoms with E-state index in [1.807, 2.05) is 25.7 Å². The molecule has 0 unspecified atom stereocenters. The monoisotopic (exact) mass is 351 g/mol. The zero-order valence-corrected chi connectivity index (χ0v) is 16.5. The largest absolute Gasteiger partial charge is 0.444 e. The van der Waals surface area contributed by atoms with Crippen molar-refractivity contribution in [3.63, 3.8) is 0 Å². The predicted octanol–water partition coefficient (Wildman–Crippen LogP) is 3.10. The smallest absolute Gasteiger partial charge is 0.410 e. The third kappa shape index (κ3) is 5.33. The average molecular weight is 352 g/mol. The summed E-state index contributed by atoms with van der Waals surface area (Å²) in [5, 5.41) is 3.44. The Bertz CT molecular complexity index is 436. The standard InChI is InChI=1S/C20H37N3O2/c1-19(2,3)25-18(24)23-12-8-20(9-13-23)6-4-17(5-7-20)16-22-14-10-21-11-15-22/h17,21H,4-16H2,1-3H3. The van der Waals surface area contributed by atoms with Crippen LogP contribution in [0.2, 0.25) is 0 Å². The zero-order valence-electron chi connectivity index (χ0n) is 16.5. The minimum absolute atomic E-state index is 0.130. The number of likely N-dealkylation sites (tertiary alicyclic amines) is 1. The second-order valence-corrected chi connectivity index (χ2v) is 9.46. The van der Waals surface area contributed by atoms with Gasteiger partial charge in [-0.2, -0.15) is 0 Å². The summed E-state index contributed by atoms with van der Waals surface area (Å²) in [6, 6.07) is 0. The fourth-order valence-electron chi connectivity index (χ4n) is 4.72. The first kappa shape index (κ1) is 19.0. The Kier molecular flexibility index (Phi) is 5.94. The molecule has 0 bridgehead atoms. The quantitative estimate of drug-likeness (QED) is 0.830. The molecule has 0 aromatic rings. The average Bonchev–Trinajstić information content (AvgIpc) is 2.57. The fraction of sp³-hybridized carbons (Fsp3) is 0.950. The Morgan fingerprint density at radius 1 is 1.04 bits per heavy atom. The Labute approximate surface area is 153 Å². The molecule has 5 heteroatoms. The summed E-state index contributed by atoms with van der Waals surface area (Å²) in [6.45, 7) is 13.6. The molecule has 0 aromatic heterocycles. The van der Waals surface area contributed by atoms with Crippen molar-refractivity contribution in [3.8, 4) is 0 Å². The molecule has 3 aliphatic rings. The van der Waals surface area contributed by atoms with Crippen molar-refractivity contribution in [2.45, 2.75) is 64.9 Å². The third-order valence-corrected chi connectivity index (χ3v) is 6.37. The summed E-state index contributed by atoms with van der Waals surface area (Å²) in [5.74, 6) is 0.882. The molecular weight excluding hydrogens is 314 g/mol. The number of amides is 1. The van der Waals surface area contributed by atoms with Gasteiger partial charge in [0, 0.05) is 45.8 Å². The van der Waals surface area contributed by atoms with Crippen molar-refractivity contribution < 1.29 is 9.53 Å². The highest BCUT2D eigenvalue weighted by molar-refractivity contribution is 5.68. The highest BCUT2D eigenvalue weighted by Gasteiger charge is 2.40. The lowest BCUT2D eigenvalue weighted by atomic mass is 9.65. The SMILES string of the molecule is CC(C)(C)OC(=O)N1CCC2(CCC(CN3CCNCC3)CC2)CC1. The maximum absolute atomic E-state index is 12.3. The Morgan fingerprint density at radius 3 is 2.20 bits per heavy atom. The number of ether oxygens (including phenoxy) is 1. The van der Waals surface area contributed by atoms with Crippen molar-refractivity contribution in [1.82, 2.24) is 15.1 Å². The van der Waals surface area contributed by atoms with E-state index >= 15 is 0 Å². The van der Waals surface area contributed by atoms with E-state index in [-0.39, 0.29) is 6.09 Å². The number of nitrogens with zero attached hydrogens (tertiary/aromatic N) is 2. The number of piperazine rings is 1. The first-order chi connectivity index (χ1) is 11.9. The maximum atomic E-state index is 12.3. The van der Waals surface area contributed by atoms with E-state index in [0.717, 1.165) is 44.9 Å². The lowest BCUT2D eigenvalue weighted by molar-refractivity contribution is -0.0000508. The van der Waals surface area contributed by atoms with Gasteiger partial charge in [-0.3, -0.25) is 0 Å². The number of carbonyl (C=O) groups excluding carboxylic acids is 1. The summed E-state index contributed by atoms with van der Waals surface area (Å²) in [7, 11) is 0. The van der Waals surface area contributed by atoms with Gasteiger partial charge in [-0.1, -0.05) is 0 Å². The second-order valence-electron chi connectivity index (χ2n) is 9.46. The Balaban J connectivity index is 1.41. The molecule has 1 N–H and O–H groups in total. The van der Waals surface area contributed by atoms with Gasteiger partial charge in [-0.15, -0.1) is 0 Å². The number of hydrogen-bond acceptors (Lipinski definition) is 4. The van der Waals surface area contributed by atoms with E-state index < -0.39 is 5.60 Å². The summed E-state index contributed by atoms with van der Waals surface area (Å²) in [4.78, 5) is 16.8. The molecule has 2 saturated heterocycles.